The van der Waals surface area contributed by atoms with Gasteiger partial charge < -0.3 is 15.3 Å². The highest BCUT2D eigenvalue weighted by Gasteiger charge is 2.29. The zero-order valence-corrected chi connectivity index (χ0v) is 18.7. The van der Waals surface area contributed by atoms with Gasteiger partial charge in [0.05, 0.1) is 16.8 Å². The van der Waals surface area contributed by atoms with Gasteiger partial charge in [-0.3, -0.25) is 4.79 Å². The summed E-state index contributed by atoms with van der Waals surface area (Å²) in [5.74, 6) is 0.428. The minimum Gasteiger partial charge on any atom is -0.507 e. The average Bonchev–Trinajstić information content (AvgIpc) is 3.57. The molecule has 166 valence electrons. The molecule has 1 saturated carbocycles. The number of hydrogen-bond acceptors (Lipinski definition) is 6. The lowest BCUT2D eigenvalue weighted by molar-refractivity contribution is 0.470. The Hall–Kier alpha value is -3.33. The highest BCUT2D eigenvalue weighted by molar-refractivity contribution is 7.90. The van der Waals surface area contributed by atoms with E-state index >= 15 is 0 Å². The molecule has 2 N–H and O–H groups in total. The third-order valence-corrected chi connectivity index (χ3v) is 7.39. The van der Waals surface area contributed by atoms with Crippen molar-refractivity contribution in [2.75, 3.05) is 24.3 Å². The first kappa shape index (κ1) is 20.6. The Morgan fingerprint density at radius 3 is 2.66 bits per heavy atom. The van der Waals surface area contributed by atoms with Gasteiger partial charge in [-0.2, -0.15) is 8.42 Å². The molecule has 0 atom stereocenters. The van der Waals surface area contributed by atoms with Gasteiger partial charge in [0.1, 0.15) is 10.6 Å². The van der Waals surface area contributed by atoms with Crippen LogP contribution in [0.1, 0.15) is 24.8 Å². The van der Waals surface area contributed by atoms with Crippen LogP contribution in [0.25, 0.3) is 10.9 Å². The molecule has 9 heteroatoms. The number of fused-ring (bicyclic) bond motifs is 2. The Bertz CT molecular complexity index is 1440. The molecule has 32 heavy (non-hydrogen) atoms. The first-order valence-corrected chi connectivity index (χ1v) is 12.0. The number of nitrogens with zero attached hydrogens (tertiary/aromatic N) is 3. The summed E-state index contributed by atoms with van der Waals surface area (Å²) in [6, 6.07) is 11.8. The molecular weight excluding hydrogens is 428 g/mol. The summed E-state index contributed by atoms with van der Waals surface area (Å²) in [5, 5.41) is 14.5. The maximum absolute atomic E-state index is 13.6. The van der Waals surface area contributed by atoms with Crippen LogP contribution < -0.4 is 15.8 Å². The fraction of sp³-hybridized carbons (Fsp3) is 0.304. The van der Waals surface area contributed by atoms with Crippen LogP contribution in [0.3, 0.4) is 0 Å². The highest BCUT2D eigenvalue weighted by Crippen LogP contribution is 2.36. The standard InChI is InChI=1S/C23H24N4O4S/c1-26(2)15-10-12-19-17(13-15)21(28)16(11-9-14-7-8-14)22(29)27(19)23-24-18-5-3-4-6-20(18)32(30,31)25-23/h3-6,10,12-14,28H,7-9,11H2,1-2H3,(H,24,25). The van der Waals surface area contributed by atoms with Crippen LogP contribution in [-0.4, -0.2) is 38.1 Å². The molecule has 1 fully saturated rings. The topological polar surface area (TPSA) is 104 Å². The largest absolute Gasteiger partial charge is 0.507 e. The molecule has 8 nitrogen and oxygen atoms in total. The number of nitrogens with one attached hydrogen (secondary N) is 1. The van der Waals surface area contributed by atoms with Gasteiger partial charge in [0.25, 0.3) is 15.6 Å². The summed E-state index contributed by atoms with van der Waals surface area (Å²) in [6.07, 6.45) is 3.50. The SMILES string of the molecule is CN(C)c1ccc2c(c1)c(O)c(CCC1CC1)c(=O)n2C1=NS(=O)(=O)c2ccccc2N1. The van der Waals surface area contributed by atoms with Gasteiger partial charge >= 0.3 is 0 Å². The van der Waals surface area contributed by atoms with Crippen molar-refractivity contribution in [3.05, 3.63) is 58.4 Å². The number of benzene rings is 2. The van der Waals surface area contributed by atoms with Gasteiger partial charge in [-0.25, -0.2) is 4.57 Å². The lowest BCUT2D eigenvalue weighted by Gasteiger charge is -2.22. The molecule has 0 spiro atoms. The Kier molecular flexibility index (Phi) is 4.74. The third kappa shape index (κ3) is 3.42. The van der Waals surface area contributed by atoms with Gasteiger partial charge in [-0.15, -0.1) is 4.40 Å². The van der Waals surface area contributed by atoms with Gasteiger partial charge in [0, 0.05) is 25.2 Å². The number of hydrogen-bond donors (Lipinski definition) is 2. The molecule has 3 aromatic rings. The number of sulfonamides is 1. The number of pyridine rings is 1. The van der Waals surface area contributed by atoms with Crippen molar-refractivity contribution in [1.82, 2.24) is 4.57 Å². The molecule has 1 aliphatic heterocycles. The molecule has 2 aromatic carbocycles. The van der Waals surface area contributed by atoms with E-state index in [4.69, 9.17) is 0 Å². The van der Waals surface area contributed by atoms with E-state index in [0.717, 1.165) is 24.9 Å². The summed E-state index contributed by atoms with van der Waals surface area (Å²) < 4.78 is 30.8. The molecule has 0 bridgehead atoms. The van der Waals surface area contributed by atoms with Gasteiger partial charge in [0.15, 0.2) is 0 Å². The summed E-state index contributed by atoms with van der Waals surface area (Å²) in [7, 11) is -0.215. The van der Waals surface area contributed by atoms with E-state index < -0.39 is 15.6 Å². The van der Waals surface area contributed by atoms with Crippen molar-refractivity contribution in [2.24, 2.45) is 10.3 Å². The second-order valence-corrected chi connectivity index (χ2v) is 10.1. The smallest absolute Gasteiger partial charge is 0.287 e. The van der Waals surface area contributed by atoms with Crippen molar-refractivity contribution in [3.63, 3.8) is 0 Å². The Labute approximate surface area is 185 Å². The minimum absolute atomic E-state index is 0.0507. The lowest BCUT2D eigenvalue weighted by atomic mass is 10.0. The van der Waals surface area contributed by atoms with Crippen molar-refractivity contribution >= 4 is 38.3 Å². The monoisotopic (exact) mass is 452 g/mol. The second-order valence-electron chi connectivity index (χ2n) is 8.56. The van der Waals surface area contributed by atoms with Crippen LogP contribution >= 0.6 is 0 Å². The summed E-state index contributed by atoms with van der Waals surface area (Å²) >= 11 is 0. The number of aromatic nitrogens is 1. The number of rotatable bonds is 4. The van der Waals surface area contributed by atoms with Crippen molar-refractivity contribution in [1.29, 1.82) is 0 Å². The van der Waals surface area contributed by atoms with Crippen LogP contribution in [0, 0.1) is 5.92 Å². The molecule has 0 saturated heterocycles. The van der Waals surface area contributed by atoms with E-state index in [1.165, 1.54) is 10.6 Å². The number of anilines is 2. The Morgan fingerprint density at radius 2 is 1.94 bits per heavy atom. The summed E-state index contributed by atoms with van der Waals surface area (Å²) in [4.78, 5) is 15.5. The maximum atomic E-state index is 13.6. The predicted octanol–water partition coefficient (Wildman–Crippen LogP) is 3.13. The fourth-order valence-electron chi connectivity index (χ4n) is 4.08. The third-order valence-electron chi connectivity index (χ3n) is 6.07. The fourth-order valence-corrected chi connectivity index (χ4v) is 5.18. The van der Waals surface area contributed by atoms with Crippen LogP contribution in [-0.2, 0) is 16.4 Å². The Morgan fingerprint density at radius 1 is 1.19 bits per heavy atom. The molecule has 1 aromatic heterocycles. The first-order valence-electron chi connectivity index (χ1n) is 10.6. The van der Waals surface area contributed by atoms with Gasteiger partial charge in [-0.05, 0) is 49.1 Å². The van der Waals surface area contributed by atoms with Crippen LogP contribution in [0.5, 0.6) is 5.75 Å². The van der Waals surface area contributed by atoms with Crippen LogP contribution in [0.15, 0.2) is 56.6 Å². The average molecular weight is 453 g/mol. The van der Waals surface area contributed by atoms with E-state index in [0.29, 0.717) is 28.9 Å². The molecule has 0 radical (unpaired) electrons. The molecule has 2 aliphatic rings. The quantitative estimate of drug-likeness (QED) is 0.630. The van der Waals surface area contributed by atoms with Crippen LogP contribution in [0.4, 0.5) is 11.4 Å². The zero-order chi connectivity index (χ0) is 22.6. The predicted molar refractivity (Wildman–Crippen MR) is 125 cm³/mol. The zero-order valence-electron chi connectivity index (χ0n) is 17.9. The number of aromatic hydroxyl groups is 1. The summed E-state index contributed by atoms with van der Waals surface area (Å²) in [5.41, 5.74) is 1.40. The maximum Gasteiger partial charge on any atom is 0.287 e. The van der Waals surface area contributed by atoms with E-state index in [-0.39, 0.29) is 22.2 Å². The van der Waals surface area contributed by atoms with E-state index in [9.17, 15) is 18.3 Å². The van der Waals surface area contributed by atoms with Gasteiger partial charge in [-0.1, -0.05) is 25.0 Å². The molecule has 0 unspecified atom stereocenters. The summed E-state index contributed by atoms with van der Waals surface area (Å²) in [6.45, 7) is 0. The molecular formula is C23H24N4O4S. The first-order chi connectivity index (χ1) is 15.3. The van der Waals surface area contributed by atoms with Crippen molar-refractivity contribution in [2.45, 2.75) is 30.6 Å². The van der Waals surface area contributed by atoms with Crippen molar-refractivity contribution < 1.29 is 13.5 Å². The Balaban J connectivity index is 1.76. The second kappa shape index (κ2) is 7.37. The van der Waals surface area contributed by atoms with Gasteiger partial charge in [0.2, 0.25) is 5.96 Å². The van der Waals surface area contributed by atoms with Crippen LogP contribution in [0.2, 0.25) is 0 Å². The van der Waals surface area contributed by atoms with E-state index in [1.54, 1.807) is 30.3 Å². The normalized spacial score (nSPS) is 16.9. The molecule has 5 rings (SSSR count). The van der Waals surface area contributed by atoms with Crippen molar-refractivity contribution in [3.8, 4) is 5.75 Å². The lowest BCUT2D eigenvalue weighted by Crippen LogP contribution is -2.37. The van der Waals surface area contributed by atoms with E-state index in [1.807, 2.05) is 25.1 Å². The van der Waals surface area contributed by atoms with E-state index in [2.05, 4.69) is 9.71 Å². The molecule has 1 aliphatic carbocycles. The minimum atomic E-state index is -3.99. The molecule has 2 heterocycles. The number of para-hydroxylation sites is 1. The molecule has 0 amide bonds. The highest BCUT2D eigenvalue weighted by atomic mass is 32.2.